The van der Waals surface area contributed by atoms with Gasteiger partial charge in [-0.05, 0) is 12.1 Å². The van der Waals surface area contributed by atoms with Crippen molar-refractivity contribution >= 4 is 11.6 Å². The number of hydrogen-bond donors (Lipinski definition) is 1. The van der Waals surface area contributed by atoms with Crippen LogP contribution in [0.4, 0.5) is 13.2 Å². The largest absolute Gasteiger partial charge is 0.398 e. The lowest BCUT2D eigenvalue weighted by molar-refractivity contribution is -0.148. The minimum atomic E-state index is -4.37. The Balaban J connectivity index is 2.96. The van der Waals surface area contributed by atoms with Crippen LogP contribution in [-0.2, 0) is 0 Å². The molecule has 0 bridgehead atoms. The van der Waals surface area contributed by atoms with E-state index in [9.17, 15) is 13.2 Å². The van der Waals surface area contributed by atoms with Crippen LogP contribution in [-0.4, -0.2) is 17.7 Å². The average molecular weight is 225 g/mol. The van der Waals surface area contributed by atoms with Crippen molar-refractivity contribution in [3.05, 3.63) is 29.0 Å². The van der Waals surface area contributed by atoms with E-state index < -0.39 is 18.6 Å². The van der Waals surface area contributed by atoms with E-state index in [0.717, 1.165) is 0 Å². The maximum absolute atomic E-state index is 12.4. The van der Waals surface area contributed by atoms with Gasteiger partial charge in [0.1, 0.15) is 5.92 Å². The van der Waals surface area contributed by atoms with E-state index >= 15 is 0 Å². The van der Waals surface area contributed by atoms with Crippen molar-refractivity contribution in [3.63, 3.8) is 0 Å². The van der Waals surface area contributed by atoms with Gasteiger partial charge in [-0.15, -0.1) is 0 Å². The van der Waals surface area contributed by atoms with Crippen molar-refractivity contribution in [2.75, 3.05) is 6.54 Å². The minimum absolute atomic E-state index is 0.107. The molecule has 0 aliphatic heterocycles. The number of nitrogens with zero attached hydrogens (tertiary/aromatic N) is 1. The van der Waals surface area contributed by atoms with Gasteiger partial charge in [0.25, 0.3) is 0 Å². The molecule has 14 heavy (non-hydrogen) atoms. The van der Waals surface area contributed by atoms with E-state index in [0.29, 0.717) is 5.02 Å². The highest BCUT2D eigenvalue weighted by atomic mass is 35.5. The number of halogens is 4. The highest BCUT2D eigenvalue weighted by Crippen LogP contribution is 2.32. The molecule has 0 aliphatic rings. The van der Waals surface area contributed by atoms with Gasteiger partial charge in [0.15, 0.2) is 0 Å². The van der Waals surface area contributed by atoms with Crippen molar-refractivity contribution in [2.45, 2.75) is 12.1 Å². The molecule has 0 aromatic carbocycles. The third-order valence-electron chi connectivity index (χ3n) is 1.74. The first-order valence-electron chi connectivity index (χ1n) is 3.83. The molecule has 1 unspecified atom stereocenters. The molecule has 2 N–H and O–H groups in total. The monoisotopic (exact) mass is 224 g/mol. The first-order valence-corrected chi connectivity index (χ1v) is 4.21. The van der Waals surface area contributed by atoms with Gasteiger partial charge in [-0.2, -0.15) is 13.2 Å². The first-order chi connectivity index (χ1) is 6.45. The summed E-state index contributed by atoms with van der Waals surface area (Å²) < 4.78 is 37.1. The summed E-state index contributed by atoms with van der Waals surface area (Å²) in [6, 6.07) is 2.59. The Kier molecular flexibility index (Phi) is 3.34. The number of rotatable bonds is 2. The average Bonchev–Trinajstić information content (AvgIpc) is 2.07. The van der Waals surface area contributed by atoms with Crippen LogP contribution in [0.3, 0.4) is 0 Å². The molecular weight excluding hydrogens is 217 g/mol. The van der Waals surface area contributed by atoms with Crippen LogP contribution in [0, 0.1) is 0 Å². The second-order valence-corrected chi connectivity index (χ2v) is 3.17. The molecule has 1 aromatic heterocycles. The summed E-state index contributed by atoms with van der Waals surface area (Å²) in [5, 5.41) is 0.298. The first kappa shape index (κ1) is 11.3. The van der Waals surface area contributed by atoms with Gasteiger partial charge < -0.3 is 5.73 Å². The second kappa shape index (κ2) is 4.14. The highest BCUT2D eigenvalue weighted by molar-refractivity contribution is 6.30. The number of nitrogens with two attached hydrogens (primary N) is 1. The molecule has 2 nitrogen and oxygen atoms in total. The molecule has 0 fully saturated rings. The van der Waals surface area contributed by atoms with Crippen LogP contribution in [0.1, 0.15) is 11.6 Å². The predicted octanol–water partition coefficient (Wildman–Crippen LogP) is 2.34. The topological polar surface area (TPSA) is 38.9 Å². The van der Waals surface area contributed by atoms with Crippen LogP contribution < -0.4 is 5.73 Å². The summed E-state index contributed by atoms with van der Waals surface area (Å²) >= 11 is 5.50. The van der Waals surface area contributed by atoms with Crippen molar-refractivity contribution in [1.29, 1.82) is 0 Å². The number of alkyl halides is 3. The molecule has 0 aliphatic carbocycles. The van der Waals surface area contributed by atoms with Crippen molar-refractivity contribution in [3.8, 4) is 0 Å². The molecule has 0 amide bonds. The summed E-state index contributed by atoms with van der Waals surface area (Å²) in [5.41, 5.74) is 4.93. The predicted molar refractivity (Wildman–Crippen MR) is 47.1 cm³/mol. The molecule has 1 heterocycles. The zero-order chi connectivity index (χ0) is 10.8. The Morgan fingerprint density at radius 1 is 1.43 bits per heavy atom. The standard InChI is InChI=1S/C8H8ClF3N2/c9-5-1-2-7(14-4-5)6(3-13)8(10,11)12/h1-2,4,6H,3,13H2. The van der Waals surface area contributed by atoms with E-state index in [1.54, 1.807) is 0 Å². The van der Waals surface area contributed by atoms with E-state index in [2.05, 4.69) is 4.98 Å². The number of pyridine rings is 1. The lowest BCUT2D eigenvalue weighted by Crippen LogP contribution is -2.28. The van der Waals surface area contributed by atoms with E-state index in [4.69, 9.17) is 17.3 Å². The van der Waals surface area contributed by atoms with Gasteiger partial charge in [0.2, 0.25) is 0 Å². The van der Waals surface area contributed by atoms with Gasteiger partial charge in [-0.3, -0.25) is 4.98 Å². The molecule has 0 saturated heterocycles. The number of aromatic nitrogens is 1. The Morgan fingerprint density at radius 2 is 2.07 bits per heavy atom. The number of hydrogen-bond acceptors (Lipinski definition) is 2. The molecule has 78 valence electrons. The second-order valence-electron chi connectivity index (χ2n) is 2.73. The zero-order valence-corrected chi connectivity index (χ0v) is 7.81. The summed E-state index contributed by atoms with van der Waals surface area (Å²) in [5.74, 6) is -1.72. The Morgan fingerprint density at radius 3 is 2.43 bits per heavy atom. The van der Waals surface area contributed by atoms with Gasteiger partial charge in [-0.1, -0.05) is 11.6 Å². The Hall–Kier alpha value is -0.810. The SMILES string of the molecule is NCC(c1ccc(Cl)cn1)C(F)(F)F. The lowest BCUT2D eigenvalue weighted by Gasteiger charge is -2.17. The fraction of sp³-hybridized carbons (Fsp3) is 0.375. The smallest absolute Gasteiger partial charge is 0.329 e. The normalized spacial score (nSPS) is 14.1. The minimum Gasteiger partial charge on any atom is -0.329 e. The fourth-order valence-corrected chi connectivity index (χ4v) is 1.13. The van der Waals surface area contributed by atoms with Crippen molar-refractivity contribution < 1.29 is 13.2 Å². The molecule has 6 heteroatoms. The van der Waals surface area contributed by atoms with Crippen LogP contribution in [0.25, 0.3) is 0 Å². The zero-order valence-electron chi connectivity index (χ0n) is 7.05. The molecule has 0 spiro atoms. The Labute approximate surface area is 83.9 Å². The summed E-state index contributed by atoms with van der Waals surface area (Å²) in [7, 11) is 0. The maximum atomic E-state index is 12.4. The van der Waals surface area contributed by atoms with E-state index in [-0.39, 0.29) is 5.69 Å². The molecule has 1 atom stereocenters. The highest BCUT2D eigenvalue weighted by Gasteiger charge is 2.40. The van der Waals surface area contributed by atoms with Crippen molar-refractivity contribution in [2.24, 2.45) is 5.73 Å². The Bertz CT molecular complexity index is 296. The molecule has 1 aromatic rings. The molecule has 1 rings (SSSR count). The summed E-state index contributed by atoms with van der Waals surface area (Å²) in [6.07, 6.45) is -3.19. The maximum Gasteiger partial charge on any atom is 0.398 e. The molecule has 0 saturated carbocycles. The molecule has 0 radical (unpaired) electrons. The van der Waals surface area contributed by atoms with Gasteiger partial charge in [-0.25, -0.2) is 0 Å². The third-order valence-corrected chi connectivity index (χ3v) is 1.96. The summed E-state index contributed by atoms with van der Waals surface area (Å²) in [6.45, 7) is -0.516. The van der Waals surface area contributed by atoms with Crippen molar-refractivity contribution in [1.82, 2.24) is 4.98 Å². The lowest BCUT2D eigenvalue weighted by atomic mass is 10.1. The third kappa shape index (κ3) is 2.59. The van der Waals surface area contributed by atoms with Crippen LogP contribution in [0.15, 0.2) is 18.3 Å². The van der Waals surface area contributed by atoms with Gasteiger partial charge >= 0.3 is 6.18 Å². The quantitative estimate of drug-likeness (QED) is 0.838. The molecular formula is C8H8ClF3N2. The fourth-order valence-electron chi connectivity index (χ4n) is 1.02. The van der Waals surface area contributed by atoms with Crippen LogP contribution in [0.2, 0.25) is 5.02 Å². The van der Waals surface area contributed by atoms with Gasteiger partial charge in [0, 0.05) is 12.7 Å². The van der Waals surface area contributed by atoms with Gasteiger partial charge in [0.05, 0.1) is 10.7 Å². The summed E-state index contributed by atoms with van der Waals surface area (Å²) in [4.78, 5) is 3.58. The van der Waals surface area contributed by atoms with E-state index in [1.807, 2.05) is 0 Å². The van der Waals surface area contributed by atoms with Crippen LogP contribution >= 0.6 is 11.6 Å². The van der Waals surface area contributed by atoms with Crippen LogP contribution in [0.5, 0.6) is 0 Å². The van der Waals surface area contributed by atoms with E-state index in [1.165, 1.54) is 18.3 Å².